The molecule has 0 aromatic heterocycles. The molecule has 2 aliphatic rings. The van der Waals surface area contributed by atoms with Crippen molar-refractivity contribution in [3.8, 4) is 0 Å². The van der Waals surface area contributed by atoms with E-state index in [-0.39, 0.29) is 11.9 Å². The molecule has 0 spiro atoms. The largest absolute Gasteiger partial charge is 0.356 e. The number of urea groups is 1. The van der Waals surface area contributed by atoms with Gasteiger partial charge < -0.3 is 25.3 Å². The molecule has 2 saturated heterocycles. The fourth-order valence-electron chi connectivity index (χ4n) is 4.48. The number of carbonyl (C=O) groups is 2. The van der Waals surface area contributed by atoms with Gasteiger partial charge in [0.2, 0.25) is 5.91 Å². The van der Waals surface area contributed by atoms with Crippen molar-refractivity contribution >= 4 is 17.6 Å². The maximum Gasteiger partial charge on any atom is 0.321 e. The van der Waals surface area contributed by atoms with Crippen molar-refractivity contribution in [2.45, 2.75) is 39.0 Å². The first-order valence-corrected chi connectivity index (χ1v) is 12.0. The fraction of sp³-hybridized carbons (Fsp3) is 0.667. The summed E-state index contributed by atoms with van der Waals surface area (Å²) >= 11 is 0. The highest BCUT2D eigenvalue weighted by atomic mass is 16.2. The number of anilines is 1. The summed E-state index contributed by atoms with van der Waals surface area (Å²) in [5, 5.41) is 6.03. The van der Waals surface area contributed by atoms with Gasteiger partial charge in [-0.1, -0.05) is 25.1 Å². The van der Waals surface area contributed by atoms with Crippen molar-refractivity contribution in [2.75, 3.05) is 64.2 Å². The number of hydrogen-bond donors (Lipinski definition) is 2. The van der Waals surface area contributed by atoms with Gasteiger partial charge in [-0.05, 0) is 56.8 Å². The zero-order valence-corrected chi connectivity index (χ0v) is 19.0. The van der Waals surface area contributed by atoms with Gasteiger partial charge >= 0.3 is 6.03 Å². The molecule has 0 atom stereocenters. The van der Waals surface area contributed by atoms with Gasteiger partial charge in [0.1, 0.15) is 0 Å². The van der Waals surface area contributed by atoms with E-state index in [1.807, 2.05) is 35.2 Å². The lowest BCUT2D eigenvalue weighted by molar-refractivity contribution is -0.122. The Labute approximate surface area is 187 Å². The molecule has 2 fully saturated rings. The standard InChI is InChI=1S/C24H39N5O2/c1-2-12-27-16-18-28(19-17-27)13-6-11-25-23(30)20-21-9-14-29(15-10-21)24(31)26-22-7-4-3-5-8-22/h3-5,7-8,21H,2,6,9-20H2,1H3,(H,25,30)(H,26,31). The Kier molecular flexibility index (Phi) is 9.62. The molecule has 0 unspecified atom stereocenters. The van der Waals surface area contributed by atoms with Crippen molar-refractivity contribution < 1.29 is 9.59 Å². The highest BCUT2D eigenvalue weighted by Gasteiger charge is 2.24. The van der Waals surface area contributed by atoms with E-state index in [0.717, 1.165) is 51.1 Å². The number of piperazine rings is 1. The van der Waals surface area contributed by atoms with Crippen LogP contribution in [-0.4, -0.2) is 85.5 Å². The maximum absolute atomic E-state index is 12.4. The van der Waals surface area contributed by atoms with Crippen LogP contribution in [0.2, 0.25) is 0 Å². The van der Waals surface area contributed by atoms with Crippen LogP contribution >= 0.6 is 0 Å². The predicted molar refractivity (Wildman–Crippen MR) is 125 cm³/mol. The van der Waals surface area contributed by atoms with Crippen molar-refractivity contribution in [3.05, 3.63) is 30.3 Å². The van der Waals surface area contributed by atoms with E-state index in [1.54, 1.807) is 0 Å². The lowest BCUT2D eigenvalue weighted by atomic mass is 9.93. The molecule has 7 heteroatoms. The van der Waals surface area contributed by atoms with Crippen molar-refractivity contribution in [1.82, 2.24) is 20.0 Å². The van der Waals surface area contributed by atoms with Crippen LogP contribution in [0.25, 0.3) is 0 Å². The summed E-state index contributed by atoms with van der Waals surface area (Å²) in [4.78, 5) is 31.6. The summed E-state index contributed by atoms with van der Waals surface area (Å²) < 4.78 is 0. The molecule has 172 valence electrons. The number of nitrogens with zero attached hydrogens (tertiary/aromatic N) is 3. The quantitative estimate of drug-likeness (QED) is 0.593. The number of hydrogen-bond acceptors (Lipinski definition) is 4. The number of amides is 3. The third kappa shape index (κ3) is 8.15. The van der Waals surface area contributed by atoms with Crippen LogP contribution in [-0.2, 0) is 4.79 Å². The van der Waals surface area contributed by atoms with Crippen molar-refractivity contribution in [3.63, 3.8) is 0 Å². The third-order valence-electron chi connectivity index (χ3n) is 6.38. The van der Waals surface area contributed by atoms with Gasteiger partial charge in [0.05, 0.1) is 0 Å². The number of carbonyl (C=O) groups excluding carboxylic acids is 2. The summed E-state index contributed by atoms with van der Waals surface area (Å²) in [6.45, 7) is 11.3. The monoisotopic (exact) mass is 429 g/mol. The Morgan fingerprint density at radius 3 is 2.23 bits per heavy atom. The van der Waals surface area contributed by atoms with Gasteiger partial charge in [-0.2, -0.15) is 0 Å². The van der Waals surface area contributed by atoms with Gasteiger partial charge in [0, 0.05) is 57.9 Å². The molecule has 2 aliphatic heterocycles. The average Bonchev–Trinajstić information content (AvgIpc) is 2.79. The second kappa shape index (κ2) is 12.7. The molecule has 1 aromatic rings. The Morgan fingerprint density at radius 2 is 1.58 bits per heavy atom. The summed E-state index contributed by atoms with van der Waals surface area (Å²) in [6.07, 6.45) is 4.59. The van der Waals surface area contributed by atoms with Crippen molar-refractivity contribution in [2.24, 2.45) is 5.92 Å². The average molecular weight is 430 g/mol. The maximum atomic E-state index is 12.4. The minimum Gasteiger partial charge on any atom is -0.356 e. The molecule has 0 radical (unpaired) electrons. The Bertz CT molecular complexity index is 668. The van der Waals surface area contributed by atoms with Crippen LogP contribution in [0, 0.1) is 5.92 Å². The zero-order valence-electron chi connectivity index (χ0n) is 19.0. The molecule has 2 heterocycles. The van der Waals surface area contributed by atoms with Crippen LogP contribution in [0.5, 0.6) is 0 Å². The van der Waals surface area contributed by atoms with E-state index in [4.69, 9.17) is 0 Å². The van der Waals surface area contributed by atoms with E-state index in [2.05, 4.69) is 27.4 Å². The normalized spacial score (nSPS) is 18.7. The Morgan fingerprint density at radius 1 is 0.935 bits per heavy atom. The van der Waals surface area contributed by atoms with E-state index < -0.39 is 0 Å². The minimum absolute atomic E-state index is 0.0513. The molecule has 1 aromatic carbocycles. The highest BCUT2D eigenvalue weighted by molar-refractivity contribution is 5.89. The van der Waals surface area contributed by atoms with Crippen LogP contribution < -0.4 is 10.6 Å². The number of piperidine rings is 1. The lowest BCUT2D eigenvalue weighted by Gasteiger charge is -2.34. The van der Waals surface area contributed by atoms with E-state index in [0.29, 0.717) is 25.4 Å². The number of likely N-dealkylation sites (tertiary alicyclic amines) is 1. The fourth-order valence-corrected chi connectivity index (χ4v) is 4.48. The first kappa shape index (κ1) is 23.5. The van der Waals surface area contributed by atoms with Crippen LogP contribution in [0.15, 0.2) is 30.3 Å². The van der Waals surface area contributed by atoms with Gasteiger partial charge in [-0.3, -0.25) is 4.79 Å². The second-order valence-electron chi connectivity index (χ2n) is 8.82. The Hall–Kier alpha value is -2.12. The smallest absolute Gasteiger partial charge is 0.321 e. The van der Waals surface area contributed by atoms with Crippen molar-refractivity contribution in [1.29, 1.82) is 0 Å². The molecule has 7 nitrogen and oxygen atoms in total. The molecule has 0 aliphatic carbocycles. The summed E-state index contributed by atoms with van der Waals surface area (Å²) in [5.41, 5.74) is 0.817. The Balaban J connectivity index is 1.24. The first-order valence-electron chi connectivity index (χ1n) is 12.0. The van der Waals surface area contributed by atoms with Gasteiger partial charge in [0.15, 0.2) is 0 Å². The zero-order chi connectivity index (χ0) is 21.9. The predicted octanol–water partition coefficient (Wildman–Crippen LogP) is 2.85. The van der Waals surface area contributed by atoms with Crippen LogP contribution in [0.4, 0.5) is 10.5 Å². The number of rotatable bonds is 9. The van der Waals surface area contributed by atoms with Crippen LogP contribution in [0.3, 0.4) is 0 Å². The first-order chi connectivity index (χ1) is 15.1. The van der Waals surface area contributed by atoms with Gasteiger partial charge in [-0.25, -0.2) is 4.79 Å². The number of nitrogens with one attached hydrogen (secondary N) is 2. The molecule has 2 N–H and O–H groups in total. The van der Waals surface area contributed by atoms with Gasteiger partial charge in [0.25, 0.3) is 0 Å². The molecule has 31 heavy (non-hydrogen) atoms. The van der Waals surface area contributed by atoms with E-state index in [9.17, 15) is 9.59 Å². The number of para-hydroxylation sites is 1. The molecule has 3 amide bonds. The number of benzene rings is 1. The molecule has 3 rings (SSSR count). The highest BCUT2D eigenvalue weighted by Crippen LogP contribution is 2.21. The third-order valence-corrected chi connectivity index (χ3v) is 6.38. The SMILES string of the molecule is CCCN1CCN(CCCNC(=O)CC2CCN(C(=O)Nc3ccccc3)CC2)CC1. The summed E-state index contributed by atoms with van der Waals surface area (Å²) in [5.74, 6) is 0.521. The second-order valence-corrected chi connectivity index (χ2v) is 8.82. The lowest BCUT2D eigenvalue weighted by Crippen LogP contribution is -2.47. The molecular formula is C24H39N5O2. The van der Waals surface area contributed by atoms with Gasteiger partial charge in [-0.15, -0.1) is 0 Å². The summed E-state index contributed by atoms with van der Waals surface area (Å²) in [7, 11) is 0. The molecular weight excluding hydrogens is 390 g/mol. The topological polar surface area (TPSA) is 67.9 Å². The van der Waals surface area contributed by atoms with E-state index >= 15 is 0 Å². The van der Waals surface area contributed by atoms with Crippen LogP contribution in [0.1, 0.15) is 39.0 Å². The molecule has 0 bridgehead atoms. The summed E-state index contributed by atoms with van der Waals surface area (Å²) in [6, 6.07) is 9.48. The minimum atomic E-state index is -0.0513. The van der Waals surface area contributed by atoms with E-state index in [1.165, 1.54) is 26.1 Å². The molecule has 0 saturated carbocycles.